The summed E-state index contributed by atoms with van der Waals surface area (Å²) in [7, 11) is 0. The van der Waals surface area contributed by atoms with Gasteiger partial charge in [0.25, 0.3) is 0 Å². The van der Waals surface area contributed by atoms with Crippen molar-refractivity contribution in [2.24, 2.45) is 0 Å². The minimum atomic E-state index is -0.428. The lowest BCUT2D eigenvalue weighted by molar-refractivity contribution is -0.911. The highest BCUT2D eigenvalue weighted by molar-refractivity contribution is 5.35. The lowest BCUT2D eigenvalue weighted by Crippen LogP contribution is -3.15. The summed E-state index contributed by atoms with van der Waals surface area (Å²) in [5, 5.41) is 10.2. The Kier molecular flexibility index (Phi) is 6.49. The van der Waals surface area contributed by atoms with Gasteiger partial charge in [0.2, 0.25) is 0 Å². The fourth-order valence-corrected chi connectivity index (χ4v) is 2.68. The molecule has 1 aromatic carbocycles. The molecular weight excluding hydrogens is 266 g/mol. The van der Waals surface area contributed by atoms with Gasteiger partial charge >= 0.3 is 0 Å². The van der Waals surface area contributed by atoms with Crippen LogP contribution in [-0.2, 0) is 4.74 Å². The van der Waals surface area contributed by atoms with Gasteiger partial charge in [0.05, 0.1) is 13.2 Å². The molecule has 1 saturated heterocycles. The van der Waals surface area contributed by atoms with Gasteiger partial charge in [0.1, 0.15) is 38.1 Å². The van der Waals surface area contributed by atoms with Crippen LogP contribution in [0.4, 0.5) is 0 Å². The standard InChI is InChI=1S/C17H27NO3/c1-3-14(2)16-6-4-5-7-17(16)21-13-15(19)12-18-8-10-20-11-9-18/h4-7,14-15,19H,3,8-13H2,1-2H3/p+1/t14-,15+/m1/s1. The van der Waals surface area contributed by atoms with Crippen molar-refractivity contribution in [2.75, 3.05) is 39.5 Å². The average molecular weight is 294 g/mol. The molecule has 21 heavy (non-hydrogen) atoms. The zero-order chi connectivity index (χ0) is 15.1. The van der Waals surface area contributed by atoms with Gasteiger partial charge in [0, 0.05) is 0 Å². The Morgan fingerprint density at radius 1 is 1.29 bits per heavy atom. The SMILES string of the molecule is CC[C@@H](C)c1ccccc1OC[C@@H](O)C[NH+]1CCOCC1. The third-order valence-corrected chi connectivity index (χ3v) is 4.22. The summed E-state index contributed by atoms with van der Waals surface area (Å²) in [5.74, 6) is 1.38. The van der Waals surface area contributed by atoms with E-state index in [0.29, 0.717) is 12.5 Å². The third kappa shape index (κ3) is 4.99. The van der Waals surface area contributed by atoms with Gasteiger partial charge in [-0.15, -0.1) is 0 Å². The number of para-hydroxylation sites is 1. The molecule has 1 aliphatic rings. The Hall–Kier alpha value is -1.10. The summed E-state index contributed by atoms with van der Waals surface area (Å²) in [6.07, 6.45) is 0.656. The highest BCUT2D eigenvalue weighted by Crippen LogP contribution is 2.28. The molecule has 0 unspecified atom stereocenters. The zero-order valence-electron chi connectivity index (χ0n) is 13.2. The maximum Gasteiger partial charge on any atom is 0.137 e. The highest BCUT2D eigenvalue weighted by atomic mass is 16.5. The minimum absolute atomic E-state index is 0.359. The maximum absolute atomic E-state index is 10.2. The number of hydrogen-bond acceptors (Lipinski definition) is 3. The summed E-state index contributed by atoms with van der Waals surface area (Å²) >= 11 is 0. The van der Waals surface area contributed by atoms with E-state index < -0.39 is 6.10 Å². The summed E-state index contributed by atoms with van der Waals surface area (Å²) < 4.78 is 11.2. The first-order valence-electron chi connectivity index (χ1n) is 8.01. The monoisotopic (exact) mass is 294 g/mol. The van der Waals surface area contributed by atoms with E-state index in [9.17, 15) is 5.11 Å². The number of aliphatic hydroxyl groups excluding tert-OH is 1. The predicted octanol–water partition coefficient (Wildman–Crippen LogP) is 0.855. The highest BCUT2D eigenvalue weighted by Gasteiger charge is 2.19. The molecule has 118 valence electrons. The molecule has 1 heterocycles. The molecule has 2 atom stereocenters. The van der Waals surface area contributed by atoms with E-state index in [-0.39, 0.29) is 0 Å². The Labute approximate surface area is 127 Å². The second kappa shape index (κ2) is 8.37. The molecule has 1 aromatic rings. The van der Waals surface area contributed by atoms with E-state index in [1.165, 1.54) is 10.5 Å². The zero-order valence-corrected chi connectivity index (χ0v) is 13.2. The molecule has 1 aliphatic heterocycles. The number of morpholine rings is 1. The fourth-order valence-electron chi connectivity index (χ4n) is 2.68. The predicted molar refractivity (Wildman–Crippen MR) is 83.0 cm³/mol. The number of hydrogen-bond donors (Lipinski definition) is 2. The number of nitrogens with one attached hydrogen (secondary N) is 1. The summed E-state index contributed by atoms with van der Waals surface area (Å²) in [6, 6.07) is 8.14. The van der Waals surface area contributed by atoms with Gasteiger partial charge in [0.15, 0.2) is 0 Å². The molecule has 1 fully saturated rings. The van der Waals surface area contributed by atoms with E-state index in [2.05, 4.69) is 19.9 Å². The number of rotatable bonds is 7. The normalized spacial score (nSPS) is 19.2. The molecule has 2 rings (SSSR count). The van der Waals surface area contributed by atoms with Crippen LogP contribution in [0.3, 0.4) is 0 Å². The van der Waals surface area contributed by atoms with Crippen LogP contribution in [0.1, 0.15) is 31.7 Å². The van der Waals surface area contributed by atoms with Gasteiger partial charge in [-0.25, -0.2) is 0 Å². The number of ether oxygens (including phenoxy) is 2. The molecule has 0 aliphatic carbocycles. The van der Waals surface area contributed by atoms with E-state index in [1.54, 1.807) is 0 Å². The quantitative estimate of drug-likeness (QED) is 0.784. The lowest BCUT2D eigenvalue weighted by Gasteiger charge is -2.26. The van der Waals surface area contributed by atoms with Crippen molar-refractivity contribution in [3.8, 4) is 5.75 Å². The van der Waals surface area contributed by atoms with Crippen molar-refractivity contribution in [1.82, 2.24) is 0 Å². The lowest BCUT2D eigenvalue weighted by atomic mass is 9.98. The second-order valence-corrected chi connectivity index (χ2v) is 5.88. The average Bonchev–Trinajstić information content (AvgIpc) is 2.53. The van der Waals surface area contributed by atoms with Crippen LogP contribution in [0.25, 0.3) is 0 Å². The maximum atomic E-state index is 10.2. The van der Waals surface area contributed by atoms with Gasteiger partial charge in [-0.1, -0.05) is 32.0 Å². The first-order chi connectivity index (χ1) is 10.2. The fraction of sp³-hybridized carbons (Fsp3) is 0.647. The van der Waals surface area contributed by atoms with E-state index >= 15 is 0 Å². The van der Waals surface area contributed by atoms with Gasteiger partial charge < -0.3 is 19.5 Å². The third-order valence-electron chi connectivity index (χ3n) is 4.22. The van der Waals surface area contributed by atoms with Crippen molar-refractivity contribution < 1.29 is 19.5 Å². The second-order valence-electron chi connectivity index (χ2n) is 5.88. The van der Waals surface area contributed by atoms with Gasteiger partial charge in [-0.05, 0) is 24.0 Å². The largest absolute Gasteiger partial charge is 0.490 e. The van der Waals surface area contributed by atoms with E-state index in [1.807, 2.05) is 18.2 Å². The molecule has 0 spiro atoms. The molecule has 0 amide bonds. The molecule has 0 radical (unpaired) electrons. The topological polar surface area (TPSA) is 43.1 Å². The Morgan fingerprint density at radius 2 is 2.00 bits per heavy atom. The van der Waals surface area contributed by atoms with Crippen molar-refractivity contribution in [3.05, 3.63) is 29.8 Å². The van der Waals surface area contributed by atoms with Gasteiger partial charge in [-0.2, -0.15) is 0 Å². The summed E-state index contributed by atoms with van der Waals surface area (Å²) in [4.78, 5) is 1.40. The Balaban J connectivity index is 1.84. The van der Waals surface area contributed by atoms with Crippen molar-refractivity contribution >= 4 is 0 Å². The Morgan fingerprint density at radius 3 is 2.71 bits per heavy atom. The first-order valence-corrected chi connectivity index (χ1v) is 8.01. The van der Waals surface area contributed by atoms with Crippen LogP contribution < -0.4 is 9.64 Å². The van der Waals surface area contributed by atoms with Crippen LogP contribution in [-0.4, -0.2) is 50.7 Å². The first kappa shape index (κ1) is 16.3. The summed E-state index contributed by atoms with van der Waals surface area (Å²) in [5.41, 5.74) is 1.23. The molecule has 2 N–H and O–H groups in total. The van der Waals surface area contributed by atoms with E-state index in [4.69, 9.17) is 9.47 Å². The molecule has 4 nitrogen and oxygen atoms in total. The Bertz CT molecular complexity index is 418. The van der Waals surface area contributed by atoms with Gasteiger partial charge in [-0.3, -0.25) is 0 Å². The van der Waals surface area contributed by atoms with Crippen LogP contribution >= 0.6 is 0 Å². The van der Waals surface area contributed by atoms with Crippen molar-refractivity contribution in [1.29, 1.82) is 0 Å². The van der Waals surface area contributed by atoms with Crippen molar-refractivity contribution in [3.63, 3.8) is 0 Å². The van der Waals surface area contributed by atoms with Crippen LogP contribution in [0.2, 0.25) is 0 Å². The molecule has 4 heteroatoms. The van der Waals surface area contributed by atoms with Crippen LogP contribution in [0.15, 0.2) is 24.3 Å². The smallest absolute Gasteiger partial charge is 0.137 e. The van der Waals surface area contributed by atoms with Crippen molar-refractivity contribution in [2.45, 2.75) is 32.3 Å². The summed E-state index contributed by atoms with van der Waals surface area (Å²) in [6.45, 7) is 9.00. The molecule has 0 bridgehead atoms. The molecular formula is C17H28NO3+. The minimum Gasteiger partial charge on any atom is -0.490 e. The number of aliphatic hydroxyl groups is 1. The number of benzene rings is 1. The van der Waals surface area contributed by atoms with Crippen LogP contribution in [0, 0.1) is 0 Å². The van der Waals surface area contributed by atoms with Crippen LogP contribution in [0.5, 0.6) is 5.75 Å². The molecule has 0 saturated carbocycles. The number of quaternary nitrogens is 1. The molecule has 0 aromatic heterocycles. The van der Waals surface area contributed by atoms with E-state index in [0.717, 1.165) is 45.0 Å².